The molecule has 0 saturated carbocycles. The Labute approximate surface area is 117 Å². The van der Waals surface area contributed by atoms with E-state index >= 15 is 0 Å². The van der Waals surface area contributed by atoms with E-state index in [1.807, 2.05) is 6.07 Å². The fourth-order valence-electron chi connectivity index (χ4n) is 2.18. The average molecular weight is 265 g/mol. The van der Waals surface area contributed by atoms with Crippen LogP contribution in [0.5, 0.6) is 0 Å². The summed E-state index contributed by atoms with van der Waals surface area (Å²) in [5.74, 6) is 0. The highest BCUT2D eigenvalue weighted by atomic mass is 16.2. The van der Waals surface area contributed by atoms with E-state index in [1.54, 1.807) is 0 Å². The van der Waals surface area contributed by atoms with Gasteiger partial charge in [-0.3, -0.25) is 0 Å². The molecule has 1 aromatic heterocycles. The van der Waals surface area contributed by atoms with E-state index < -0.39 is 0 Å². The molecule has 20 heavy (non-hydrogen) atoms. The molecule has 3 nitrogen and oxygen atoms in total. The van der Waals surface area contributed by atoms with Crippen molar-refractivity contribution in [2.24, 2.45) is 0 Å². The van der Waals surface area contributed by atoms with Crippen LogP contribution in [0.4, 0.5) is 0 Å². The predicted octanol–water partition coefficient (Wildman–Crippen LogP) is 3.81. The summed E-state index contributed by atoms with van der Waals surface area (Å²) in [6.07, 6.45) is 1.34. The smallest absolute Gasteiger partial charge is 0.355 e. The van der Waals surface area contributed by atoms with Gasteiger partial charge in [-0.15, -0.1) is 0 Å². The van der Waals surface area contributed by atoms with Crippen molar-refractivity contribution in [2.45, 2.75) is 13.3 Å². The van der Waals surface area contributed by atoms with Gasteiger partial charge in [0, 0.05) is 16.6 Å². The van der Waals surface area contributed by atoms with E-state index in [9.17, 15) is 0 Å². The van der Waals surface area contributed by atoms with Gasteiger partial charge in [0.05, 0.1) is 0 Å². The Morgan fingerprint density at radius 1 is 1.00 bits per heavy atom. The summed E-state index contributed by atoms with van der Waals surface area (Å²) in [5, 5.41) is 1.29. The molecule has 0 aliphatic rings. The molecule has 1 heterocycles. The summed E-state index contributed by atoms with van der Waals surface area (Å²) in [5.41, 5.74) is 5.02. The Bertz CT molecular complexity index is 723. The van der Waals surface area contributed by atoms with Crippen molar-refractivity contribution in [3.8, 4) is 11.3 Å². The number of nitrogens with one attached hydrogen (secondary N) is 1. The molecule has 0 atom stereocenters. The first-order chi connectivity index (χ1) is 9.78. The zero-order valence-corrected chi connectivity index (χ0v) is 11.2. The second-order valence-electron chi connectivity index (χ2n) is 4.41. The van der Waals surface area contributed by atoms with Crippen LogP contribution in [-0.2, 0) is 16.0 Å². The molecule has 0 bridgehead atoms. The average Bonchev–Trinajstić information content (AvgIpc) is 2.92. The largest absolute Gasteiger partial charge is 0.373 e. The molecule has 0 unspecified atom stereocenters. The molecule has 0 saturated heterocycles. The van der Waals surface area contributed by atoms with E-state index in [0.717, 1.165) is 6.42 Å². The quantitative estimate of drug-likeness (QED) is 0.765. The van der Waals surface area contributed by atoms with Gasteiger partial charge in [-0.1, -0.05) is 43.3 Å². The van der Waals surface area contributed by atoms with Crippen LogP contribution >= 0.6 is 0 Å². The number of benzene rings is 2. The Hall–Kier alpha value is -2.64. The number of aromatic amines is 1. The highest BCUT2D eigenvalue weighted by molar-refractivity contribution is 5.86. The number of hydrogen-bond donors (Lipinski definition) is 1. The van der Waals surface area contributed by atoms with Gasteiger partial charge in [-0.2, -0.15) is 9.59 Å². The van der Waals surface area contributed by atoms with Gasteiger partial charge in [0.1, 0.15) is 0 Å². The minimum absolute atomic E-state index is 0.250. The van der Waals surface area contributed by atoms with Crippen LogP contribution in [0, 0.1) is 0 Å². The Morgan fingerprint density at radius 2 is 1.70 bits per heavy atom. The normalized spacial score (nSPS) is 9.65. The number of rotatable bonds is 2. The lowest BCUT2D eigenvalue weighted by Crippen LogP contribution is -1.77. The molecule has 3 rings (SSSR count). The van der Waals surface area contributed by atoms with Gasteiger partial charge in [-0.05, 0) is 35.7 Å². The van der Waals surface area contributed by atoms with Crippen LogP contribution < -0.4 is 0 Å². The van der Waals surface area contributed by atoms with Gasteiger partial charge in [0.15, 0.2) is 0 Å². The fourth-order valence-corrected chi connectivity index (χ4v) is 2.18. The molecule has 0 amide bonds. The van der Waals surface area contributed by atoms with E-state index in [0.29, 0.717) is 0 Å². The lowest BCUT2D eigenvalue weighted by molar-refractivity contribution is -0.191. The van der Waals surface area contributed by atoms with Gasteiger partial charge in [0.25, 0.3) is 0 Å². The molecular weight excluding hydrogens is 250 g/mol. The zero-order chi connectivity index (χ0) is 14.4. The van der Waals surface area contributed by atoms with Gasteiger partial charge in [0.2, 0.25) is 0 Å². The number of aromatic nitrogens is 1. The summed E-state index contributed by atoms with van der Waals surface area (Å²) >= 11 is 0. The van der Waals surface area contributed by atoms with Gasteiger partial charge in [-0.25, -0.2) is 0 Å². The summed E-state index contributed by atoms with van der Waals surface area (Å²) in [6, 6.07) is 19.3. The molecule has 0 aliphatic heterocycles. The monoisotopic (exact) mass is 265 g/mol. The first-order valence-electron chi connectivity index (χ1n) is 6.44. The molecular formula is C17H15NO2. The van der Waals surface area contributed by atoms with Crippen molar-refractivity contribution in [1.82, 2.24) is 4.98 Å². The SMILES string of the molecule is CCc1ccc2[nH]c(-c3ccccc3)cc2c1.O=C=O. The molecule has 3 aromatic rings. The maximum Gasteiger partial charge on any atom is 0.373 e. The van der Waals surface area contributed by atoms with Gasteiger partial charge < -0.3 is 4.98 Å². The summed E-state index contributed by atoms with van der Waals surface area (Å²) < 4.78 is 0. The van der Waals surface area contributed by atoms with E-state index in [2.05, 4.69) is 60.4 Å². The van der Waals surface area contributed by atoms with E-state index in [4.69, 9.17) is 9.59 Å². The van der Waals surface area contributed by atoms with Crippen molar-refractivity contribution in [2.75, 3.05) is 0 Å². The highest BCUT2D eigenvalue weighted by Gasteiger charge is 2.02. The van der Waals surface area contributed by atoms with Crippen LogP contribution in [0.3, 0.4) is 0 Å². The van der Waals surface area contributed by atoms with Crippen LogP contribution in [0.25, 0.3) is 22.2 Å². The zero-order valence-electron chi connectivity index (χ0n) is 11.2. The van der Waals surface area contributed by atoms with Crippen molar-refractivity contribution in [1.29, 1.82) is 0 Å². The minimum Gasteiger partial charge on any atom is -0.355 e. The van der Waals surface area contributed by atoms with E-state index in [-0.39, 0.29) is 6.15 Å². The minimum atomic E-state index is 0.250. The number of hydrogen-bond acceptors (Lipinski definition) is 2. The van der Waals surface area contributed by atoms with Crippen LogP contribution in [0.2, 0.25) is 0 Å². The Morgan fingerprint density at radius 3 is 2.35 bits per heavy atom. The summed E-state index contributed by atoms with van der Waals surface area (Å²) in [4.78, 5) is 19.7. The number of fused-ring (bicyclic) bond motifs is 1. The van der Waals surface area contributed by atoms with Crippen molar-refractivity contribution < 1.29 is 9.59 Å². The molecule has 0 fully saturated rings. The molecule has 0 aliphatic carbocycles. The number of aryl methyl sites for hydroxylation is 1. The molecule has 1 N–H and O–H groups in total. The molecule has 0 spiro atoms. The third kappa shape index (κ3) is 3.02. The summed E-state index contributed by atoms with van der Waals surface area (Å²) in [7, 11) is 0. The lowest BCUT2D eigenvalue weighted by atomic mass is 10.1. The third-order valence-corrected chi connectivity index (χ3v) is 3.18. The maximum atomic E-state index is 8.12. The van der Waals surface area contributed by atoms with Crippen LogP contribution in [0.1, 0.15) is 12.5 Å². The second kappa shape index (κ2) is 6.50. The third-order valence-electron chi connectivity index (χ3n) is 3.18. The van der Waals surface area contributed by atoms with E-state index in [1.165, 1.54) is 27.7 Å². The molecule has 0 radical (unpaired) electrons. The fraction of sp³-hybridized carbons (Fsp3) is 0.118. The van der Waals surface area contributed by atoms with Crippen LogP contribution in [-0.4, -0.2) is 11.1 Å². The lowest BCUT2D eigenvalue weighted by Gasteiger charge is -1.95. The van der Waals surface area contributed by atoms with Crippen molar-refractivity contribution in [3.05, 3.63) is 60.2 Å². The van der Waals surface area contributed by atoms with Crippen molar-refractivity contribution >= 4 is 17.1 Å². The van der Waals surface area contributed by atoms with Crippen LogP contribution in [0.15, 0.2) is 54.6 Å². The first-order valence-corrected chi connectivity index (χ1v) is 6.44. The van der Waals surface area contributed by atoms with Crippen molar-refractivity contribution in [3.63, 3.8) is 0 Å². The molecule has 2 aromatic carbocycles. The standard InChI is InChI=1S/C16H15N.CO2/c1-2-12-8-9-15-14(10-12)11-16(17-15)13-6-4-3-5-7-13;2-1-3/h3-11,17H,2H2,1H3;. The first kappa shape index (κ1) is 13.8. The maximum absolute atomic E-state index is 8.12. The Kier molecular flexibility index (Phi) is 4.48. The highest BCUT2D eigenvalue weighted by Crippen LogP contribution is 2.24. The van der Waals surface area contributed by atoms with Gasteiger partial charge >= 0.3 is 6.15 Å². The summed E-state index contributed by atoms with van der Waals surface area (Å²) in [6.45, 7) is 2.19. The Balaban J connectivity index is 0.000000452. The number of H-pyrrole nitrogens is 1. The topological polar surface area (TPSA) is 49.9 Å². The molecule has 3 heteroatoms. The second-order valence-corrected chi connectivity index (χ2v) is 4.41. The predicted molar refractivity (Wildman–Crippen MR) is 78.1 cm³/mol. The molecule has 100 valence electrons. The number of carbonyl (C=O) groups excluding carboxylic acids is 2.